The third-order valence-electron chi connectivity index (χ3n) is 5.13. The molecule has 156 valence electrons. The van der Waals surface area contributed by atoms with E-state index < -0.39 is 0 Å². The van der Waals surface area contributed by atoms with E-state index in [9.17, 15) is 0 Å². The standard InChI is InChI=1S/C20H27N7S.HI/c1-21-20(23-16-9-13-26(14-10-16)19-8-5-15-28-19)22-11-4-7-18-25-24-17-6-2-3-12-27(17)18;/h2-3,5-6,8,12,15-16H,4,7,9-11,13-14H2,1H3,(H2,21,22,23);1H. The van der Waals surface area contributed by atoms with Gasteiger partial charge >= 0.3 is 0 Å². The van der Waals surface area contributed by atoms with Gasteiger partial charge in [-0.15, -0.1) is 45.5 Å². The summed E-state index contributed by atoms with van der Waals surface area (Å²) in [7, 11) is 1.84. The largest absolute Gasteiger partial charge is 0.363 e. The molecule has 2 N–H and O–H groups in total. The number of hydrogen-bond acceptors (Lipinski definition) is 5. The zero-order valence-electron chi connectivity index (χ0n) is 16.6. The average Bonchev–Trinajstić information content (AvgIpc) is 3.41. The Hall–Kier alpha value is -1.88. The van der Waals surface area contributed by atoms with Crippen molar-refractivity contribution in [1.82, 2.24) is 25.2 Å². The highest BCUT2D eigenvalue weighted by Gasteiger charge is 2.20. The molecule has 1 aliphatic rings. The van der Waals surface area contributed by atoms with Crippen LogP contribution in [0, 0.1) is 0 Å². The molecular formula is C20H28IN7S. The first-order chi connectivity index (χ1) is 13.8. The van der Waals surface area contributed by atoms with Crippen LogP contribution in [-0.2, 0) is 6.42 Å². The Morgan fingerprint density at radius 3 is 2.83 bits per heavy atom. The van der Waals surface area contributed by atoms with Crippen molar-refractivity contribution >= 4 is 51.9 Å². The molecule has 7 nitrogen and oxygen atoms in total. The van der Waals surface area contributed by atoms with Gasteiger partial charge in [0, 0.05) is 45.3 Å². The molecule has 0 saturated carbocycles. The number of aliphatic imine (C=N–C) groups is 1. The SMILES string of the molecule is CN=C(NCCCc1nnc2ccccn12)NC1CCN(c2cccs2)CC1.I. The summed E-state index contributed by atoms with van der Waals surface area (Å²) in [5, 5.41) is 19.0. The Kier molecular flexibility index (Phi) is 8.10. The van der Waals surface area contributed by atoms with Crippen molar-refractivity contribution in [3.8, 4) is 0 Å². The molecule has 0 amide bonds. The van der Waals surface area contributed by atoms with Crippen LogP contribution in [0.1, 0.15) is 25.1 Å². The van der Waals surface area contributed by atoms with Crippen molar-refractivity contribution in [3.05, 3.63) is 47.7 Å². The van der Waals surface area contributed by atoms with Gasteiger partial charge in [-0.3, -0.25) is 9.39 Å². The molecule has 29 heavy (non-hydrogen) atoms. The number of aromatic nitrogens is 3. The first-order valence-electron chi connectivity index (χ1n) is 9.88. The van der Waals surface area contributed by atoms with E-state index in [0.717, 1.165) is 62.7 Å². The Morgan fingerprint density at radius 2 is 2.07 bits per heavy atom. The molecule has 0 spiro atoms. The van der Waals surface area contributed by atoms with Gasteiger partial charge in [0.25, 0.3) is 0 Å². The Balaban J connectivity index is 0.00000240. The lowest BCUT2D eigenvalue weighted by Gasteiger charge is -2.33. The van der Waals surface area contributed by atoms with E-state index in [1.165, 1.54) is 5.00 Å². The van der Waals surface area contributed by atoms with Gasteiger partial charge in [0.15, 0.2) is 11.6 Å². The minimum atomic E-state index is 0. The second-order valence-electron chi connectivity index (χ2n) is 7.00. The third kappa shape index (κ3) is 5.59. The monoisotopic (exact) mass is 525 g/mol. The zero-order valence-corrected chi connectivity index (χ0v) is 19.8. The second-order valence-corrected chi connectivity index (χ2v) is 7.93. The van der Waals surface area contributed by atoms with Gasteiger partial charge in [-0.1, -0.05) is 6.07 Å². The zero-order chi connectivity index (χ0) is 19.2. The maximum absolute atomic E-state index is 4.39. The molecule has 1 saturated heterocycles. The van der Waals surface area contributed by atoms with Crippen LogP contribution < -0.4 is 15.5 Å². The first kappa shape index (κ1) is 21.8. The molecule has 0 aromatic carbocycles. The van der Waals surface area contributed by atoms with Crippen molar-refractivity contribution in [2.45, 2.75) is 31.7 Å². The summed E-state index contributed by atoms with van der Waals surface area (Å²) in [6, 6.07) is 10.8. The fourth-order valence-electron chi connectivity index (χ4n) is 3.60. The minimum Gasteiger partial charge on any atom is -0.363 e. The number of guanidine groups is 1. The summed E-state index contributed by atoms with van der Waals surface area (Å²) in [6.07, 6.45) is 6.14. The molecule has 4 heterocycles. The summed E-state index contributed by atoms with van der Waals surface area (Å²) in [4.78, 5) is 6.86. The van der Waals surface area contributed by atoms with Crippen LogP contribution in [0.5, 0.6) is 0 Å². The molecule has 0 aliphatic carbocycles. The Morgan fingerprint density at radius 1 is 1.21 bits per heavy atom. The predicted octanol–water partition coefficient (Wildman–Crippen LogP) is 3.18. The van der Waals surface area contributed by atoms with E-state index in [-0.39, 0.29) is 24.0 Å². The molecular weight excluding hydrogens is 497 g/mol. The lowest BCUT2D eigenvalue weighted by atomic mass is 10.1. The van der Waals surface area contributed by atoms with Crippen molar-refractivity contribution < 1.29 is 0 Å². The topological polar surface area (TPSA) is 69.8 Å². The Labute approximate surface area is 192 Å². The molecule has 9 heteroatoms. The van der Waals surface area contributed by atoms with Gasteiger partial charge in [0.2, 0.25) is 0 Å². The van der Waals surface area contributed by atoms with Gasteiger partial charge in [-0.2, -0.15) is 0 Å². The number of fused-ring (bicyclic) bond motifs is 1. The van der Waals surface area contributed by atoms with Gasteiger partial charge < -0.3 is 15.5 Å². The van der Waals surface area contributed by atoms with E-state index in [0.29, 0.717) is 6.04 Å². The fourth-order valence-corrected chi connectivity index (χ4v) is 4.38. The number of anilines is 1. The highest BCUT2D eigenvalue weighted by Crippen LogP contribution is 2.24. The number of thiophene rings is 1. The highest BCUT2D eigenvalue weighted by molar-refractivity contribution is 14.0. The third-order valence-corrected chi connectivity index (χ3v) is 6.06. The molecule has 0 atom stereocenters. The number of aryl methyl sites for hydroxylation is 1. The summed E-state index contributed by atoms with van der Waals surface area (Å²) in [5.41, 5.74) is 0.900. The van der Waals surface area contributed by atoms with Crippen LogP contribution in [0.3, 0.4) is 0 Å². The number of halogens is 1. The maximum Gasteiger partial charge on any atom is 0.191 e. The smallest absolute Gasteiger partial charge is 0.191 e. The average molecular weight is 525 g/mol. The molecule has 1 aliphatic heterocycles. The van der Waals surface area contributed by atoms with Crippen LogP contribution in [0.15, 0.2) is 46.9 Å². The fraction of sp³-hybridized carbons (Fsp3) is 0.450. The van der Waals surface area contributed by atoms with E-state index >= 15 is 0 Å². The maximum atomic E-state index is 4.39. The lowest BCUT2D eigenvalue weighted by Crippen LogP contribution is -2.48. The van der Waals surface area contributed by atoms with Gasteiger partial charge in [0.1, 0.15) is 5.82 Å². The molecule has 0 unspecified atom stereocenters. The van der Waals surface area contributed by atoms with Gasteiger partial charge in [-0.25, -0.2) is 0 Å². The number of nitrogens with zero attached hydrogens (tertiary/aromatic N) is 5. The van der Waals surface area contributed by atoms with Crippen LogP contribution >= 0.6 is 35.3 Å². The normalized spacial score (nSPS) is 15.3. The lowest BCUT2D eigenvalue weighted by molar-refractivity contribution is 0.462. The molecule has 0 radical (unpaired) electrons. The number of piperidine rings is 1. The van der Waals surface area contributed by atoms with Crippen molar-refractivity contribution in [2.75, 3.05) is 31.6 Å². The highest BCUT2D eigenvalue weighted by atomic mass is 127. The van der Waals surface area contributed by atoms with Crippen LogP contribution in [-0.4, -0.2) is 53.3 Å². The number of hydrogen-bond donors (Lipinski definition) is 2. The second kappa shape index (κ2) is 10.8. The molecule has 4 rings (SSSR count). The summed E-state index contributed by atoms with van der Waals surface area (Å²) >= 11 is 1.82. The number of pyridine rings is 1. The van der Waals surface area contributed by atoms with Crippen LogP contribution in [0.25, 0.3) is 5.65 Å². The molecule has 3 aromatic rings. The number of rotatable bonds is 6. The van der Waals surface area contributed by atoms with Crippen LogP contribution in [0.4, 0.5) is 5.00 Å². The first-order valence-corrected chi connectivity index (χ1v) is 10.8. The Bertz CT molecular complexity index is 901. The van der Waals surface area contributed by atoms with Crippen molar-refractivity contribution in [1.29, 1.82) is 0 Å². The molecule has 1 fully saturated rings. The van der Waals surface area contributed by atoms with Gasteiger partial charge in [0.05, 0.1) is 5.00 Å². The van der Waals surface area contributed by atoms with E-state index in [1.807, 2.05) is 42.8 Å². The van der Waals surface area contributed by atoms with Crippen molar-refractivity contribution in [3.63, 3.8) is 0 Å². The van der Waals surface area contributed by atoms with Gasteiger partial charge in [-0.05, 0) is 48.9 Å². The minimum absolute atomic E-state index is 0. The predicted molar refractivity (Wildman–Crippen MR) is 131 cm³/mol. The van der Waals surface area contributed by atoms with Crippen molar-refractivity contribution in [2.24, 2.45) is 4.99 Å². The molecule has 0 bridgehead atoms. The van der Waals surface area contributed by atoms with E-state index in [2.05, 4.69) is 52.6 Å². The number of nitrogens with one attached hydrogen (secondary N) is 2. The van der Waals surface area contributed by atoms with Crippen LogP contribution in [0.2, 0.25) is 0 Å². The summed E-state index contributed by atoms with van der Waals surface area (Å²) in [6.45, 7) is 3.04. The molecule has 3 aromatic heterocycles. The summed E-state index contributed by atoms with van der Waals surface area (Å²) < 4.78 is 2.05. The summed E-state index contributed by atoms with van der Waals surface area (Å²) in [5.74, 6) is 1.89. The quantitative estimate of drug-likeness (QED) is 0.224. The van der Waals surface area contributed by atoms with E-state index in [1.54, 1.807) is 0 Å². The van der Waals surface area contributed by atoms with E-state index in [4.69, 9.17) is 0 Å².